The highest BCUT2D eigenvalue weighted by molar-refractivity contribution is 6.39. The van der Waals surface area contributed by atoms with Crippen LogP contribution in [0.1, 0.15) is 52.9 Å². The molecule has 14 unspecified atom stereocenters. The molecular formula is C39H68N9O15+. The number of hydrogen-bond acceptors (Lipinski definition) is 17. The van der Waals surface area contributed by atoms with Crippen LogP contribution in [0.5, 0.6) is 0 Å². The predicted octanol–water partition coefficient (Wildman–Crippen LogP) is -7.01. The molecule has 0 aromatic rings. The van der Waals surface area contributed by atoms with Gasteiger partial charge < -0.3 is 87.2 Å². The van der Waals surface area contributed by atoms with E-state index >= 15 is 0 Å². The number of carbonyl (C=O) groups excluding carboxylic acids is 7. The third-order valence-corrected chi connectivity index (χ3v) is 11.3. The maximum absolute atomic E-state index is 14.2. The molecule has 0 aromatic heterocycles. The van der Waals surface area contributed by atoms with Crippen molar-refractivity contribution < 1.29 is 78.5 Å². The fourth-order valence-corrected chi connectivity index (χ4v) is 7.47. The number of ether oxygens (including phenoxy) is 1. The minimum Gasteiger partial charge on any atom is -0.396 e. The van der Waals surface area contributed by atoms with E-state index in [2.05, 4.69) is 21.3 Å². The van der Waals surface area contributed by atoms with Crippen LogP contribution in [0.25, 0.3) is 0 Å². The highest BCUT2D eigenvalue weighted by Gasteiger charge is 2.47. The second-order valence-corrected chi connectivity index (χ2v) is 18.0. The first-order chi connectivity index (χ1) is 29.3. The fraction of sp³-hybridized carbons (Fsp3) is 0.795. The zero-order chi connectivity index (χ0) is 47.7. The van der Waals surface area contributed by atoms with E-state index in [1.54, 1.807) is 0 Å². The Hall–Kier alpha value is -4.24. The molecule has 3 fully saturated rings. The van der Waals surface area contributed by atoms with Gasteiger partial charge in [0.1, 0.15) is 42.9 Å². The SMILES string of the molecule is CC(CO)CN1CC(=O)NC(OCC[N+](C)(C)C)C(O)CC(N)C(=O)NC(C(C)O)C(=O)N2CC(O)CC2C(=O)NC(C(O)C(O)C2CCC(=O)C(=N)C2)C(=O)NC(C(C)O)C1=O. The van der Waals surface area contributed by atoms with Gasteiger partial charge in [-0.1, -0.05) is 6.92 Å². The second-order valence-electron chi connectivity index (χ2n) is 18.0. The van der Waals surface area contributed by atoms with Gasteiger partial charge in [-0.2, -0.15) is 0 Å². The number of nitrogens with two attached hydrogens (primary N) is 1. The number of aliphatic hydroxyl groups is 7. The van der Waals surface area contributed by atoms with Crippen LogP contribution in [0, 0.1) is 17.2 Å². The summed E-state index contributed by atoms with van der Waals surface area (Å²) in [5.41, 5.74) is 5.82. The summed E-state index contributed by atoms with van der Waals surface area (Å²) in [7, 11) is 5.56. The molecule has 14 atom stereocenters. The van der Waals surface area contributed by atoms with Crippen LogP contribution in [0.15, 0.2) is 0 Å². The van der Waals surface area contributed by atoms with Crippen LogP contribution < -0.4 is 27.0 Å². The molecule has 0 bridgehead atoms. The molecule has 3 aliphatic rings. The van der Waals surface area contributed by atoms with Gasteiger partial charge in [-0.15, -0.1) is 0 Å². The Bertz CT molecular complexity index is 1660. The third kappa shape index (κ3) is 14.9. The lowest BCUT2D eigenvalue weighted by molar-refractivity contribution is -0.870. The number of ketones is 1. The van der Waals surface area contributed by atoms with Crippen molar-refractivity contribution in [2.75, 3.05) is 60.5 Å². The van der Waals surface area contributed by atoms with E-state index in [1.807, 2.05) is 21.1 Å². The minimum atomic E-state index is -2.22. The summed E-state index contributed by atoms with van der Waals surface area (Å²) in [5, 5.41) is 93.7. The van der Waals surface area contributed by atoms with Gasteiger partial charge in [0.2, 0.25) is 35.4 Å². The van der Waals surface area contributed by atoms with Crippen molar-refractivity contribution in [3.63, 3.8) is 0 Å². The Morgan fingerprint density at radius 3 is 1.98 bits per heavy atom. The predicted molar refractivity (Wildman–Crippen MR) is 220 cm³/mol. The van der Waals surface area contributed by atoms with E-state index in [0.29, 0.717) is 11.0 Å². The minimum absolute atomic E-state index is 0.0114. The summed E-state index contributed by atoms with van der Waals surface area (Å²) in [5.74, 6) is -8.81. The largest absolute Gasteiger partial charge is 0.396 e. The molecule has 24 nitrogen and oxygen atoms in total. The van der Waals surface area contributed by atoms with Crippen molar-refractivity contribution in [1.29, 1.82) is 5.41 Å². The van der Waals surface area contributed by atoms with Crippen LogP contribution in [-0.4, -0.2) is 231 Å². The average Bonchev–Trinajstić information content (AvgIpc) is 3.60. The molecule has 1 aliphatic carbocycles. The zero-order valence-corrected chi connectivity index (χ0v) is 36.7. The Morgan fingerprint density at radius 1 is 0.825 bits per heavy atom. The van der Waals surface area contributed by atoms with Crippen molar-refractivity contribution in [3.05, 3.63) is 0 Å². The number of nitrogens with zero attached hydrogens (tertiary/aromatic N) is 3. The average molecular weight is 903 g/mol. The normalized spacial score (nSPS) is 31.7. The van der Waals surface area contributed by atoms with Gasteiger partial charge >= 0.3 is 0 Å². The fourth-order valence-electron chi connectivity index (χ4n) is 7.47. The van der Waals surface area contributed by atoms with Crippen molar-refractivity contribution in [2.45, 2.75) is 126 Å². The van der Waals surface area contributed by atoms with E-state index in [0.717, 1.165) is 23.6 Å². The van der Waals surface area contributed by atoms with Crippen LogP contribution >= 0.6 is 0 Å². The Balaban J connectivity index is 2.16. The van der Waals surface area contributed by atoms with Crippen LogP contribution in [0.2, 0.25) is 0 Å². The number of hydrogen-bond donors (Lipinski definition) is 13. The third-order valence-electron chi connectivity index (χ3n) is 11.3. The maximum atomic E-state index is 14.2. The van der Waals surface area contributed by atoms with Gasteiger partial charge in [0.15, 0.2) is 12.0 Å². The van der Waals surface area contributed by atoms with Gasteiger partial charge in [-0.25, -0.2) is 0 Å². The first-order valence-corrected chi connectivity index (χ1v) is 21.0. The number of likely N-dealkylation sites (N-methyl/N-ethyl adjacent to an activating group) is 1. The quantitative estimate of drug-likeness (QED) is 0.0810. The highest BCUT2D eigenvalue weighted by atomic mass is 16.5. The standard InChI is InChI=1S/C39H67N9O15/c1-18(17-49)14-46-16-28(55)42-37(63-10-9-48(4,5)6)27(54)13-24(41)34(58)43-30(20(3)51)39(62)47-15-22(52)12-25(47)35(59)45-31(36(60)44-29(19(2)50)38(46)61)33(57)32(56)21-7-8-26(53)23(40)11-21/h18-22,24-25,27,29-33,37,40,49-52,54,56-57H,7-17,41H2,1-6H3,(H3-,42,43,44,45,55,58,59,60)/p+1. The first kappa shape index (κ1) is 53.1. The number of rotatable bonds is 12. The molecule has 0 aromatic carbocycles. The lowest BCUT2D eigenvalue weighted by atomic mass is 9.80. The van der Waals surface area contributed by atoms with Crippen molar-refractivity contribution >= 4 is 46.9 Å². The smallest absolute Gasteiger partial charge is 0.248 e. The highest BCUT2D eigenvalue weighted by Crippen LogP contribution is 2.27. The number of quaternary nitrogens is 1. The Morgan fingerprint density at radius 2 is 1.41 bits per heavy atom. The summed E-state index contributed by atoms with van der Waals surface area (Å²) >= 11 is 0. The van der Waals surface area contributed by atoms with Crippen molar-refractivity contribution in [2.24, 2.45) is 17.6 Å². The molecular weight excluding hydrogens is 834 g/mol. The summed E-state index contributed by atoms with van der Waals surface area (Å²) in [6.07, 6.45) is -13.5. The molecule has 3 rings (SSSR count). The van der Waals surface area contributed by atoms with Crippen LogP contribution in [0.4, 0.5) is 0 Å². The molecule has 6 amide bonds. The molecule has 2 aliphatic heterocycles. The molecule has 14 N–H and O–H groups in total. The second kappa shape index (κ2) is 23.1. The molecule has 2 heterocycles. The maximum Gasteiger partial charge on any atom is 0.248 e. The summed E-state index contributed by atoms with van der Waals surface area (Å²) in [6, 6.07) is -9.10. The molecule has 24 heteroatoms. The lowest BCUT2D eigenvalue weighted by Gasteiger charge is -2.36. The number of fused-ring (bicyclic) bond motifs is 1. The number of aliphatic hydroxyl groups excluding tert-OH is 7. The van der Waals surface area contributed by atoms with Crippen LogP contribution in [0.3, 0.4) is 0 Å². The Kier molecular flexibility index (Phi) is 19.5. The number of amides is 6. The van der Waals surface area contributed by atoms with Crippen molar-refractivity contribution in [1.82, 2.24) is 31.1 Å². The molecule has 0 radical (unpaired) electrons. The summed E-state index contributed by atoms with van der Waals surface area (Å²) < 4.78 is 6.24. The van der Waals surface area contributed by atoms with E-state index < -0.39 is 159 Å². The summed E-state index contributed by atoms with van der Waals surface area (Å²) in [4.78, 5) is 97.5. The number of Topliss-reactive ketones (excluding diaryl/α,β-unsaturated/α-hetero) is 1. The van der Waals surface area contributed by atoms with Crippen molar-refractivity contribution in [3.8, 4) is 0 Å². The van der Waals surface area contributed by atoms with Gasteiger partial charge in [0.05, 0.1) is 70.5 Å². The van der Waals surface area contributed by atoms with E-state index in [9.17, 15) is 69.3 Å². The Labute approximate surface area is 365 Å². The monoisotopic (exact) mass is 902 g/mol. The molecule has 2 saturated heterocycles. The zero-order valence-electron chi connectivity index (χ0n) is 36.7. The van der Waals surface area contributed by atoms with Gasteiger partial charge in [0, 0.05) is 39.0 Å². The van der Waals surface area contributed by atoms with Gasteiger partial charge in [-0.05, 0) is 38.5 Å². The van der Waals surface area contributed by atoms with E-state index in [-0.39, 0.29) is 38.1 Å². The van der Waals surface area contributed by atoms with E-state index in [1.165, 1.54) is 6.92 Å². The molecule has 358 valence electrons. The molecule has 0 spiro atoms. The van der Waals surface area contributed by atoms with E-state index in [4.69, 9.17) is 15.9 Å². The first-order valence-electron chi connectivity index (χ1n) is 21.0. The topological polar surface area (TPSA) is 375 Å². The lowest BCUT2D eigenvalue weighted by Crippen LogP contribution is -2.65. The molecule has 1 saturated carbocycles. The number of carbonyl (C=O) groups is 7. The van der Waals surface area contributed by atoms with Gasteiger partial charge in [-0.3, -0.25) is 33.6 Å². The number of nitrogens with one attached hydrogen (secondary N) is 5. The van der Waals surface area contributed by atoms with Crippen LogP contribution in [-0.2, 0) is 38.3 Å². The van der Waals surface area contributed by atoms with Gasteiger partial charge in [0.25, 0.3) is 0 Å². The summed E-state index contributed by atoms with van der Waals surface area (Å²) in [6.45, 7) is 2.04. The molecule has 63 heavy (non-hydrogen) atoms.